The quantitative estimate of drug-likeness (QED) is 0.765. The van der Waals surface area contributed by atoms with Crippen LogP contribution in [0, 0.1) is 5.92 Å². The Bertz CT molecular complexity index is 293. The molecule has 5 nitrogen and oxygen atoms in total. The zero-order valence-electron chi connectivity index (χ0n) is 7.53. The zero-order chi connectivity index (χ0) is 9.84. The van der Waals surface area contributed by atoms with Crippen LogP contribution in [0.25, 0.3) is 0 Å². The molecule has 0 aliphatic rings. The Morgan fingerprint density at radius 2 is 2.38 bits per heavy atom. The van der Waals surface area contributed by atoms with Gasteiger partial charge in [-0.1, -0.05) is 13.8 Å². The third-order valence-corrected chi connectivity index (χ3v) is 1.35. The lowest BCUT2D eigenvalue weighted by Crippen LogP contribution is -2.27. The van der Waals surface area contributed by atoms with Gasteiger partial charge >= 0.3 is 11.8 Å². The number of amides is 1. The lowest BCUT2D eigenvalue weighted by molar-refractivity contribution is 0.0914. The first-order valence-corrected chi connectivity index (χ1v) is 4.00. The molecule has 0 fully saturated rings. The number of nitrogens with zero attached hydrogens (tertiary/aromatic N) is 1. The number of carbonyl (C=O) groups excluding carboxylic acids is 1. The molecule has 1 N–H and O–H groups in total. The van der Waals surface area contributed by atoms with E-state index in [-0.39, 0.29) is 5.89 Å². The highest BCUT2D eigenvalue weighted by Crippen LogP contribution is 2.07. The van der Waals surface area contributed by atoms with E-state index in [4.69, 9.17) is 0 Å². The van der Waals surface area contributed by atoms with E-state index < -0.39 is 11.8 Å². The van der Waals surface area contributed by atoms with Crippen LogP contribution < -0.4 is 5.32 Å². The molecule has 0 saturated heterocycles. The fourth-order valence-corrected chi connectivity index (χ4v) is 0.736. The summed E-state index contributed by atoms with van der Waals surface area (Å²) < 4.78 is 4.62. The van der Waals surface area contributed by atoms with Gasteiger partial charge in [-0.3, -0.25) is 9.90 Å². The van der Waals surface area contributed by atoms with Crippen LogP contribution in [0.1, 0.15) is 24.5 Å². The predicted molar refractivity (Wildman–Crippen MR) is 43.8 cm³/mol. The molecule has 0 unspecified atom stereocenters. The van der Waals surface area contributed by atoms with E-state index in [1.165, 1.54) is 0 Å². The van der Waals surface area contributed by atoms with Crippen LogP contribution in [-0.2, 0) is 5.11 Å². The van der Waals surface area contributed by atoms with Crippen molar-refractivity contribution < 1.29 is 14.3 Å². The smallest absolute Gasteiger partial charge is 0.308 e. The highest BCUT2D eigenvalue weighted by molar-refractivity contribution is 5.89. The lowest BCUT2D eigenvalue weighted by Gasteiger charge is -2.03. The van der Waals surface area contributed by atoms with Gasteiger partial charge < -0.3 is 9.73 Å². The number of carbonyl (C=O) groups is 1. The lowest BCUT2D eigenvalue weighted by atomic mass is 10.2. The number of aromatic nitrogens is 1. The van der Waals surface area contributed by atoms with Crippen molar-refractivity contribution in [2.45, 2.75) is 13.8 Å². The van der Waals surface area contributed by atoms with Gasteiger partial charge in [-0.15, -0.1) is 0 Å². The largest absolute Gasteiger partial charge is 0.437 e. The van der Waals surface area contributed by atoms with Gasteiger partial charge in [0.1, 0.15) is 0 Å². The number of hydrogen-bond acceptors (Lipinski definition) is 3. The van der Waals surface area contributed by atoms with Gasteiger partial charge in [-0.2, -0.15) is 4.98 Å². The summed E-state index contributed by atoms with van der Waals surface area (Å²) in [5.74, 6) is -0.804. The SMILES string of the molecule is CC(C)CNC(=O)c1nc([O])co1. The van der Waals surface area contributed by atoms with Crippen molar-refractivity contribution in [3.05, 3.63) is 12.2 Å². The second-order valence-corrected chi connectivity index (χ2v) is 3.09. The number of hydrogen-bond donors (Lipinski definition) is 1. The topological polar surface area (TPSA) is 75.0 Å². The highest BCUT2D eigenvalue weighted by atomic mass is 16.4. The molecular formula is C8H11N2O3. The minimum atomic E-state index is -0.533. The van der Waals surface area contributed by atoms with Crippen molar-refractivity contribution in [3.8, 4) is 5.88 Å². The molecule has 1 amide bonds. The van der Waals surface area contributed by atoms with Gasteiger partial charge in [-0.25, -0.2) is 0 Å². The van der Waals surface area contributed by atoms with Crippen molar-refractivity contribution in [1.82, 2.24) is 10.3 Å². The molecule has 1 heterocycles. The third-order valence-electron chi connectivity index (χ3n) is 1.35. The zero-order valence-corrected chi connectivity index (χ0v) is 7.53. The van der Waals surface area contributed by atoms with E-state index in [9.17, 15) is 9.90 Å². The van der Waals surface area contributed by atoms with Gasteiger partial charge in [0.2, 0.25) is 0 Å². The van der Waals surface area contributed by atoms with Gasteiger partial charge in [0.25, 0.3) is 5.89 Å². The summed E-state index contributed by atoms with van der Waals surface area (Å²) in [5, 5.41) is 13.1. The van der Waals surface area contributed by atoms with Crippen LogP contribution in [0.3, 0.4) is 0 Å². The summed E-state index contributed by atoms with van der Waals surface area (Å²) in [5.41, 5.74) is 0. The Morgan fingerprint density at radius 1 is 1.69 bits per heavy atom. The van der Waals surface area contributed by atoms with Crippen molar-refractivity contribution >= 4 is 5.91 Å². The van der Waals surface area contributed by atoms with E-state index in [1.807, 2.05) is 13.8 Å². The molecule has 13 heavy (non-hydrogen) atoms. The second kappa shape index (κ2) is 3.93. The molecule has 1 rings (SSSR count). The summed E-state index contributed by atoms with van der Waals surface area (Å²) >= 11 is 0. The summed E-state index contributed by atoms with van der Waals surface area (Å²) in [6.45, 7) is 4.47. The van der Waals surface area contributed by atoms with Crippen LogP contribution in [0.5, 0.6) is 5.88 Å². The number of rotatable bonds is 3. The normalized spacial score (nSPS) is 10.4. The monoisotopic (exact) mass is 183 g/mol. The first kappa shape index (κ1) is 9.57. The van der Waals surface area contributed by atoms with Crippen molar-refractivity contribution in [2.24, 2.45) is 5.92 Å². The molecule has 0 saturated carbocycles. The van der Waals surface area contributed by atoms with Gasteiger partial charge in [-0.05, 0) is 5.92 Å². The van der Waals surface area contributed by atoms with Crippen LogP contribution in [-0.4, -0.2) is 17.4 Å². The molecule has 1 radical (unpaired) electrons. The van der Waals surface area contributed by atoms with Crippen LogP contribution in [0.4, 0.5) is 0 Å². The van der Waals surface area contributed by atoms with E-state index in [1.54, 1.807) is 0 Å². The Hall–Kier alpha value is -1.52. The molecule has 0 aromatic carbocycles. The molecule has 5 heteroatoms. The van der Waals surface area contributed by atoms with Gasteiger partial charge in [0, 0.05) is 6.54 Å². The van der Waals surface area contributed by atoms with Crippen molar-refractivity contribution in [3.63, 3.8) is 0 Å². The number of nitrogens with one attached hydrogen (secondary N) is 1. The van der Waals surface area contributed by atoms with Gasteiger partial charge in [0.15, 0.2) is 6.26 Å². The van der Waals surface area contributed by atoms with Crippen molar-refractivity contribution in [1.29, 1.82) is 0 Å². The molecule has 0 aliphatic heterocycles. The standard InChI is InChI=1S/C8H11N2O3/c1-5(2)3-9-7(12)8-10-6(11)4-13-8/h4-5H,3H2,1-2H3,(H,9,12). The second-order valence-electron chi connectivity index (χ2n) is 3.09. The van der Waals surface area contributed by atoms with Crippen LogP contribution >= 0.6 is 0 Å². The average molecular weight is 183 g/mol. The Balaban J connectivity index is 2.49. The molecule has 0 aliphatic carbocycles. The maximum absolute atomic E-state index is 11.2. The first-order valence-electron chi connectivity index (χ1n) is 4.00. The predicted octanol–water partition coefficient (Wildman–Crippen LogP) is 1.20. The van der Waals surface area contributed by atoms with E-state index >= 15 is 0 Å². The fraction of sp³-hybridized carbons (Fsp3) is 0.500. The summed E-state index contributed by atoms with van der Waals surface area (Å²) in [6, 6.07) is 0. The Morgan fingerprint density at radius 3 is 2.85 bits per heavy atom. The minimum absolute atomic E-state index is 0.175. The molecule has 1 aromatic rings. The summed E-state index contributed by atoms with van der Waals surface area (Å²) in [7, 11) is 0. The van der Waals surface area contributed by atoms with E-state index in [0.29, 0.717) is 12.5 Å². The number of oxazole rings is 1. The fourth-order valence-electron chi connectivity index (χ4n) is 0.736. The first-order chi connectivity index (χ1) is 6.09. The average Bonchev–Trinajstić information content (AvgIpc) is 2.47. The van der Waals surface area contributed by atoms with E-state index in [0.717, 1.165) is 6.26 Å². The summed E-state index contributed by atoms with van der Waals surface area (Å²) in [4.78, 5) is 14.5. The van der Waals surface area contributed by atoms with Crippen molar-refractivity contribution in [2.75, 3.05) is 6.54 Å². The molecule has 0 atom stereocenters. The molecule has 1 aromatic heterocycles. The molecule has 0 bridgehead atoms. The molecule has 71 valence electrons. The minimum Gasteiger partial charge on any atom is -0.437 e. The third kappa shape index (κ3) is 2.77. The highest BCUT2D eigenvalue weighted by Gasteiger charge is 2.13. The maximum atomic E-state index is 11.2. The van der Waals surface area contributed by atoms with Crippen LogP contribution in [0.2, 0.25) is 0 Å². The Labute approximate surface area is 75.8 Å². The maximum Gasteiger partial charge on any atom is 0.308 e. The molecule has 0 spiro atoms. The van der Waals surface area contributed by atoms with E-state index in [2.05, 4.69) is 14.7 Å². The molecular weight excluding hydrogens is 172 g/mol. The summed E-state index contributed by atoms with van der Waals surface area (Å²) in [6.07, 6.45) is 0.907. The van der Waals surface area contributed by atoms with Crippen LogP contribution in [0.15, 0.2) is 10.7 Å². The van der Waals surface area contributed by atoms with Gasteiger partial charge in [0.05, 0.1) is 0 Å². The Kier molecular flexibility index (Phi) is 2.89.